The first kappa shape index (κ1) is 17.0. The average Bonchev–Trinajstić information content (AvgIpc) is 2.67. The average molecular weight is 367 g/mol. The number of nitrogens with one attached hydrogen (secondary N) is 2. The largest absolute Gasteiger partial charge is 0.378 e. The van der Waals surface area contributed by atoms with E-state index in [0.29, 0.717) is 31.4 Å². The van der Waals surface area contributed by atoms with Gasteiger partial charge in [-0.05, 0) is 35.5 Å². The summed E-state index contributed by atoms with van der Waals surface area (Å²) in [5.74, 6) is 0.0336. The summed E-state index contributed by atoms with van der Waals surface area (Å²) in [5, 5.41) is 9.24. The molecule has 0 bridgehead atoms. The predicted octanol–water partition coefficient (Wildman–Crippen LogP) is 2.49. The van der Waals surface area contributed by atoms with Crippen molar-refractivity contribution in [3.8, 4) is 0 Å². The van der Waals surface area contributed by atoms with Crippen molar-refractivity contribution in [2.24, 2.45) is 0 Å². The summed E-state index contributed by atoms with van der Waals surface area (Å²) in [6.45, 7) is 4.30. The molecule has 1 amide bonds. The lowest BCUT2D eigenvalue weighted by Gasteiger charge is -2.35. The van der Waals surface area contributed by atoms with Gasteiger partial charge in [0.15, 0.2) is 5.11 Å². The zero-order chi connectivity index (χ0) is 18.1. The van der Waals surface area contributed by atoms with Crippen LogP contribution in [0.2, 0.25) is 0 Å². The lowest BCUT2D eigenvalue weighted by Crippen LogP contribution is -2.49. The lowest BCUT2D eigenvalue weighted by atomic mass is 9.90. The second-order valence-corrected chi connectivity index (χ2v) is 6.95. The van der Waals surface area contributed by atoms with Gasteiger partial charge in [0.05, 0.1) is 24.8 Å². The number of rotatable bonds is 2. The van der Waals surface area contributed by atoms with Crippen molar-refractivity contribution in [2.45, 2.75) is 13.0 Å². The van der Waals surface area contributed by atoms with Gasteiger partial charge in [-0.25, -0.2) is 0 Å². The van der Waals surface area contributed by atoms with Crippen molar-refractivity contribution < 1.29 is 9.53 Å². The highest BCUT2D eigenvalue weighted by atomic mass is 32.1. The molecule has 2 aliphatic heterocycles. The number of thiocarbonyl (C=S) groups is 1. The maximum atomic E-state index is 13.3. The number of amides is 1. The van der Waals surface area contributed by atoms with Crippen molar-refractivity contribution >= 4 is 34.0 Å². The number of carbonyl (C=O) groups is 1. The van der Waals surface area contributed by atoms with Crippen LogP contribution >= 0.6 is 12.2 Å². The fourth-order valence-electron chi connectivity index (χ4n) is 3.65. The molecule has 2 aromatic rings. The molecule has 134 valence electrons. The van der Waals surface area contributed by atoms with Gasteiger partial charge in [-0.1, -0.05) is 42.5 Å². The van der Waals surface area contributed by atoms with Crippen LogP contribution < -0.4 is 10.6 Å². The molecule has 2 N–H and O–H groups in total. The van der Waals surface area contributed by atoms with Gasteiger partial charge < -0.3 is 20.3 Å². The Morgan fingerprint density at radius 3 is 2.69 bits per heavy atom. The first-order chi connectivity index (χ1) is 12.6. The Balaban J connectivity index is 1.80. The fraction of sp³-hybridized carbons (Fsp3) is 0.300. The number of nitrogens with zero attached hydrogens (tertiary/aromatic N) is 1. The Hall–Kier alpha value is -2.44. The Morgan fingerprint density at radius 2 is 1.88 bits per heavy atom. The van der Waals surface area contributed by atoms with Gasteiger partial charge in [0.1, 0.15) is 0 Å². The normalized spacial score (nSPS) is 20.7. The van der Waals surface area contributed by atoms with Gasteiger partial charge in [-0.15, -0.1) is 0 Å². The van der Waals surface area contributed by atoms with E-state index in [9.17, 15) is 4.79 Å². The molecule has 6 heteroatoms. The third-order valence-corrected chi connectivity index (χ3v) is 5.15. The van der Waals surface area contributed by atoms with Gasteiger partial charge in [0, 0.05) is 18.8 Å². The first-order valence-corrected chi connectivity index (χ1v) is 9.19. The number of hydrogen-bond donors (Lipinski definition) is 2. The minimum absolute atomic E-state index is 0.0336. The second-order valence-electron chi connectivity index (χ2n) is 6.54. The molecule has 0 aliphatic carbocycles. The van der Waals surface area contributed by atoms with Gasteiger partial charge >= 0.3 is 0 Å². The van der Waals surface area contributed by atoms with E-state index in [1.807, 2.05) is 30.0 Å². The van der Waals surface area contributed by atoms with Crippen molar-refractivity contribution in [3.05, 3.63) is 59.3 Å². The highest BCUT2D eigenvalue weighted by Gasteiger charge is 2.33. The molecule has 0 aromatic heterocycles. The second kappa shape index (κ2) is 7.05. The maximum Gasteiger partial charge on any atom is 0.254 e. The summed E-state index contributed by atoms with van der Waals surface area (Å²) in [4.78, 5) is 15.1. The van der Waals surface area contributed by atoms with Crippen molar-refractivity contribution in [2.75, 3.05) is 26.3 Å². The van der Waals surface area contributed by atoms with Crippen LogP contribution in [-0.2, 0) is 9.53 Å². The highest BCUT2D eigenvalue weighted by Crippen LogP contribution is 2.33. The number of benzene rings is 2. The molecule has 0 spiro atoms. The number of fused-ring (bicyclic) bond motifs is 1. The van der Waals surface area contributed by atoms with Crippen LogP contribution in [0.25, 0.3) is 10.8 Å². The summed E-state index contributed by atoms with van der Waals surface area (Å²) in [7, 11) is 0. The molecule has 0 radical (unpaired) electrons. The van der Waals surface area contributed by atoms with E-state index in [1.54, 1.807) is 0 Å². The van der Waals surface area contributed by atoms with E-state index < -0.39 is 0 Å². The monoisotopic (exact) mass is 367 g/mol. The summed E-state index contributed by atoms with van der Waals surface area (Å²) in [6.07, 6.45) is 0. The number of allylic oxidation sites excluding steroid dienone is 1. The molecule has 26 heavy (non-hydrogen) atoms. The van der Waals surface area contributed by atoms with Crippen LogP contribution in [0.15, 0.2) is 53.7 Å². The number of hydrogen-bond acceptors (Lipinski definition) is 3. The third kappa shape index (κ3) is 3.06. The van der Waals surface area contributed by atoms with Crippen molar-refractivity contribution in [3.63, 3.8) is 0 Å². The Labute approximate surface area is 158 Å². The lowest BCUT2D eigenvalue weighted by molar-refractivity contribution is -0.131. The molecule has 2 heterocycles. The summed E-state index contributed by atoms with van der Waals surface area (Å²) >= 11 is 5.38. The maximum absolute atomic E-state index is 13.3. The van der Waals surface area contributed by atoms with E-state index >= 15 is 0 Å². The highest BCUT2D eigenvalue weighted by molar-refractivity contribution is 7.80. The molecule has 5 nitrogen and oxygen atoms in total. The number of ether oxygens (including phenoxy) is 1. The standard InChI is InChI=1S/C20H21N3O2S/c1-13-17(19(24)23-9-11-25-12-10-23)18(22-20(26)21-13)16-8-4-6-14-5-2-3-7-15(14)16/h2-8,18H,9-12H2,1H3,(H2,21,22,26). The van der Waals surface area contributed by atoms with Gasteiger partial charge in [0.2, 0.25) is 0 Å². The third-order valence-electron chi connectivity index (χ3n) is 4.93. The van der Waals surface area contributed by atoms with E-state index in [1.165, 1.54) is 0 Å². The molecule has 2 aliphatic rings. The Kier molecular flexibility index (Phi) is 4.61. The van der Waals surface area contributed by atoms with Crippen molar-refractivity contribution in [1.82, 2.24) is 15.5 Å². The van der Waals surface area contributed by atoms with Gasteiger partial charge in [-0.2, -0.15) is 0 Å². The molecule has 4 rings (SSSR count). The minimum atomic E-state index is -0.273. The molecular weight excluding hydrogens is 346 g/mol. The zero-order valence-electron chi connectivity index (χ0n) is 14.6. The van der Waals surface area contributed by atoms with E-state index in [-0.39, 0.29) is 11.9 Å². The van der Waals surface area contributed by atoms with Crippen LogP contribution in [0.1, 0.15) is 18.5 Å². The number of morpholine rings is 1. The van der Waals surface area contributed by atoms with Crippen LogP contribution in [-0.4, -0.2) is 42.2 Å². The van der Waals surface area contributed by atoms with Crippen LogP contribution in [0.5, 0.6) is 0 Å². The quantitative estimate of drug-likeness (QED) is 0.799. The molecule has 1 saturated heterocycles. The van der Waals surface area contributed by atoms with Crippen LogP contribution in [0.4, 0.5) is 0 Å². The fourth-order valence-corrected chi connectivity index (χ4v) is 3.92. The molecule has 2 aromatic carbocycles. The first-order valence-electron chi connectivity index (χ1n) is 8.78. The summed E-state index contributed by atoms with van der Waals surface area (Å²) < 4.78 is 5.39. The SMILES string of the molecule is CC1=C(C(=O)N2CCOCC2)C(c2cccc3ccccc23)NC(=S)N1. The zero-order valence-corrected chi connectivity index (χ0v) is 15.4. The van der Waals surface area contributed by atoms with Crippen LogP contribution in [0.3, 0.4) is 0 Å². The minimum Gasteiger partial charge on any atom is -0.378 e. The summed E-state index contributed by atoms with van der Waals surface area (Å²) in [6, 6.07) is 14.1. The van der Waals surface area contributed by atoms with Gasteiger partial charge in [-0.3, -0.25) is 4.79 Å². The molecule has 1 atom stereocenters. The molecular formula is C20H21N3O2S. The van der Waals surface area contributed by atoms with Crippen LogP contribution in [0, 0.1) is 0 Å². The van der Waals surface area contributed by atoms with E-state index in [2.05, 4.69) is 34.9 Å². The Bertz CT molecular complexity index is 898. The van der Waals surface area contributed by atoms with Gasteiger partial charge in [0.25, 0.3) is 5.91 Å². The number of carbonyl (C=O) groups excluding carboxylic acids is 1. The Morgan fingerprint density at radius 1 is 1.15 bits per heavy atom. The van der Waals surface area contributed by atoms with E-state index in [0.717, 1.165) is 27.6 Å². The topological polar surface area (TPSA) is 53.6 Å². The molecule has 1 unspecified atom stereocenters. The van der Waals surface area contributed by atoms with E-state index in [4.69, 9.17) is 17.0 Å². The predicted molar refractivity (Wildman–Crippen MR) is 106 cm³/mol. The summed E-state index contributed by atoms with van der Waals surface area (Å²) in [5.41, 5.74) is 2.59. The smallest absolute Gasteiger partial charge is 0.254 e. The van der Waals surface area contributed by atoms with Crippen molar-refractivity contribution in [1.29, 1.82) is 0 Å². The molecule has 0 saturated carbocycles. The molecule has 1 fully saturated rings.